The highest BCUT2D eigenvalue weighted by Gasteiger charge is 1.99. The molecule has 4 nitrogen and oxygen atoms in total. The molecule has 0 aromatic carbocycles. The predicted molar refractivity (Wildman–Crippen MR) is 75.3 cm³/mol. The van der Waals surface area contributed by atoms with Crippen molar-refractivity contribution in [2.24, 2.45) is 5.73 Å². The van der Waals surface area contributed by atoms with Crippen molar-refractivity contribution < 1.29 is 9.90 Å². The second-order valence-corrected chi connectivity index (χ2v) is 4.79. The third kappa shape index (κ3) is 13.5. The molecule has 0 aromatic rings. The third-order valence-electron chi connectivity index (χ3n) is 3.02. The summed E-state index contributed by atoms with van der Waals surface area (Å²) in [6, 6.07) is 0. The van der Waals surface area contributed by atoms with Gasteiger partial charge in [-0.3, -0.25) is 4.79 Å². The SMILES string of the molecule is NCCCNC(=O)CCCCCCCCCCO. The summed E-state index contributed by atoms with van der Waals surface area (Å²) in [5, 5.41) is 11.5. The second kappa shape index (κ2) is 14.5. The van der Waals surface area contributed by atoms with Gasteiger partial charge in [0.25, 0.3) is 0 Å². The largest absolute Gasteiger partial charge is 0.396 e. The molecule has 0 fully saturated rings. The minimum atomic E-state index is 0.159. The molecule has 4 N–H and O–H groups in total. The van der Waals surface area contributed by atoms with Gasteiger partial charge in [0.05, 0.1) is 0 Å². The number of amides is 1. The Balaban J connectivity index is 3.08. The van der Waals surface area contributed by atoms with E-state index in [1.165, 1.54) is 25.7 Å². The molecule has 0 spiro atoms. The monoisotopic (exact) mass is 258 g/mol. The Kier molecular flexibility index (Phi) is 14.0. The minimum Gasteiger partial charge on any atom is -0.396 e. The van der Waals surface area contributed by atoms with Gasteiger partial charge in [-0.1, -0.05) is 38.5 Å². The van der Waals surface area contributed by atoms with Crippen LogP contribution in [-0.2, 0) is 4.79 Å². The van der Waals surface area contributed by atoms with Crippen molar-refractivity contribution in [3.05, 3.63) is 0 Å². The molecule has 0 aromatic heterocycles. The summed E-state index contributed by atoms with van der Waals surface area (Å²) >= 11 is 0. The van der Waals surface area contributed by atoms with Gasteiger partial charge in [-0.05, 0) is 25.8 Å². The average Bonchev–Trinajstić information content (AvgIpc) is 2.37. The zero-order valence-electron chi connectivity index (χ0n) is 11.6. The van der Waals surface area contributed by atoms with E-state index < -0.39 is 0 Å². The number of hydrogen-bond donors (Lipinski definition) is 3. The highest BCUT2D eigenvalue weighted by molar-refractivity contribution is 5.75. The molecule has 0 heterocycles. The Bertz CT molecular complexity index is 187. The first-order chi connectivity index (χ1) is 8.81. The number of rotatable bonds is 13. The van der Waals surface area contributed by atoms with Crippen molar-refractivity contribution in [3.8, 4) is 0 Å². The van der Waals surface area contributed by atoms with Crippen LogP contribution in [0.1, 0.15) is 64.2 Å². The van der Waals surface area contributed by atoms with E-state index >= 15 is 0 Å². The lowest BCUT2D eigenvalue weighted by atomic mass is 10.1. The van der Waals surface area contributed by atoms with Crippen molar-refractivity contribution in [2.75, 3.05) is 19.7 Å². The Hall–Kier alpha value is -0.610. The smallest absolute Gasteiger partial charge is 0.219 e. The molecule has 0 rings (SSSR count). The van der Waals surface area contributed by atoms with Crippen LogP contribution in [0.4, 0.5) is 0 Å². The van der Waals surface area contributed by atoms with E-state index in [1.54, 1.807) is 0 Å². The van der Waals surface area contributed by atoms with Crippen molar-refractivity contribution in [2.45, 2.75) is 64.2 Å². The van der Waals surface area contributed by atoms with Crippen molar-refractivity contribution in [3.63, 3.8) is 0 Å². The third-order valence-corrected chi connectivity index (χ3v) is 3.02. The second-order valence-electron chi connectivity index (χ2n) is 4.79. The minimum absolute atomic E-state index is 0.159. The number of aliphatic hydroxyl groups is 1. The van der Waals surface area contributed by atoms with Crippen LogP contribution < -0.4 is 11.1 Å². The number of unbranched alkanes of at least 4 members (excludes halogenated alkanes) is 7. The summed E-state index contributed by atoms with van der Waals surface area (Å²) in [6.45, 7) is 1.66. The molecule has 4 heteroatoms. The van der Waals surface area contributed by atoms with Crippen LogP contribution in [0.5, 0.6) is 0 Å². The first-order valence-electron chi connectivity index (χ1n) is 7.39. The lowest BCUT2D eigenvalue weighted by Gasteiger charge is -2.04. The van der Waals surface area contributed by atoms with Gasteiger partial charge in [0.1, 0.15) is 0 Å². The molecular formula is C14H30N2O2. The summed E-state index contributed by atoms with van der Waals surface area (Å²) < 4.78 is 0. The number of carbonyl (C=O) groups excluding carboxylic acids is 1. The van der Waals surface area contributed by atoms with Gasteiger partial charge in [-0.25, -0.2) is 0 Å². The summed E-state index contributed by atoms with van der Waals surface area (Å²) in [4.78, 5) is 11.3. The molecule has 0 saturated carbocycles. The number of hydrogen-bond acceptors (Lipinski definition) is 3. The lowest BCUT2D eigenvalue weighted by molar-refractivity contribution is -0.121. The van der Waals surface area contributed by atoms with E-state index in [1.807, 2.05) is 0 Å². The number of carbonyl (C=O) groups is 1. The molecule has 0 aliphatic heterocycles. The summed E-state index contributed by atoms with van der Waals surface area (Å²) in [5.74, 6) is 0.159. The number of nitrogens with one attached hydrogen (secondary N) is 1. The zero-order chi connectivity index (χ0) is 13.5. The molecule has 1 amide bonds. The maximum absolute atomic E-state index is 11.3. The fourth-order valence-corrected chi connectivity index (χ4v) is 1.88. The van der Waals surface area contributed by atoms with Crippen LogP contribution in [0.3, 0.4) is 0 Å². The lowest BCUT2D eigenvalue weighted by Crippen LogP contribution is -2.25. The average molecular weight is 258 g/mol. The highest BCUT2D eigenvalue weighted by Crippen LogP contribution is 2.09. The van der Waals surface area contributed by atoms with E-state index in [2.05, 4.69) is 5.32 Å². The van der Waals surface area contributed by atoms with E-state index in [9.17, 15) is 4.79 Å². The number of nitrogens with two attached hydrogens (primary N) is 1. The quantitative estimate of drug-likeness (QED) is 0.442. The Morgan fingerprint density at radius 1 is 0.889 bits per heavy atom. The highest BCUT2D eigenvalue weighted by atomic mass is 16.2. The van der Waals surface area contributed by atoms with Crippen molar-refractivity contribution >= 4 is 5.91 Å². The topological polar surface area (TPSA) is 75.3 Å². The van der Waals surface area contributed by atoms with Crippen LogP contribution in [0, 0.1) is 0 Å². The van der Waals surface area contributed by atoms with Crippen LogP contribution in [0.25, 0.3) is 0 Å². The Labute approximate surface area is 111 Å². The predicted octanol–water partition coefficient (Wildman–Crippen LogP) is 1.95. The van der Waals surface area contributed by atoms with Gasteiger partial charge >= 0.3 is 0 Å². The molecule has 0 aliphatic rings. The van der Waals surface area contributed by atoms with E-state index in [0.29, 0.717) is 26.1 Å². The molecule has 0 aliphatic carbocycles. The van der Waals surface area contributed by atoms with Gasteiger partial charge in [-0.15, -0.1) is 0 Å². The maximum atomic E-state index is 11.3. The molecule has 0 unspecified atom stereocenters. The van der Waals surface area contributed by atoms with Crippen molar-refractivity contribution in [1.82, 2.24) is 5.32 Å². The first kappa shape index (κ1) is 17.4. The maximum Gasteiger partial charge on any atom is 0.219 e. The van der Waals surface area contributed by atoms with Gasteiger partial charge in [0, 0.05) is 19.6 Å². The molecule has 0 atom stereocenters. The van der Waals surface area contributed by atoms with Crippen LogP contribution in [-0.4, -0.2) is 30.7 Å². The van der Waals surface area contributed by atoms with Gasteiger partial charge in [0.15, 0.2) is 0 Å². The first-order valence-corrected chi connectivity index (χ1v) is 7.39. The fourth-order valence-electron chi connectivity index (χ4n) is 1.88. The summed E-state index contributed by atoms with van der Waals surface area (Å²) in [7, 11) is 0. The van der Waals surface area contributed by atoms with E-state index in [4.69, 9.17) is 10.8 Å². The Morgan fingerprint density at radius 3 is 2.00 bits per heavy atom. The van der Waals surface area contributed by atoms with E-state index in [0.717, 1.165) is 32.1 Å². The molecule has 0 bridgehead atoms. The fraction of sp³-hybridized carbons (Fsp3) is 0.929. The van der Waals surface area contributed by atoms with Crippen LogP contribution in [0.2, 0.25) is 0 Å². The van der Waals surface area contributed by atoms with Crippen LogP contribution >= 0.6 is 0 Å². The van der Waals surface area contributed by atoms with E-state index in [-0.39, 0.29) is 5.91 Å². The summed E-state index contributed by atoms with van der Waals surface area (Å²) in [5.41, 5.74) is 5.35. The van der Waals surface area contributed by atoms with Gasteiger partial charge in [0.2, 0.25) is 5.91 Å². The molecule has 108 valence electrons. The molecule has 0 radical (unpaired) electrons. The summed E-state index contributed by atoms with van der Waals surface area (Å²) in [6.07, 6.45) is 10.7. The molecule has 18 heavy (non-hydrogen) atoms. The van der Waals surface area contributed by atoms with Crippen LogP contribution in [0.15, 0.2) is 0 Å². The Morgan fingerprint density at radius 2 is 1.44 bits per heavy atom. The number of aliphatic hydroxyl groups excluding tert-OH is 1. The normalized spacial score (nSPS) is 10.6. The van der Waals surface area contributed by atoms with Gasteiger partial charge < -0.3 is 16.2 Å². The van der Waals surface area contributed by atoms with Gasteiger partial charge in [-0.2, -0.15) is 0 Å². The standard InChI is InChI=1S/C14H30N2O2/c15-11-9-12-16-14(18)10-7-5-3-1-2-4-6-8-13-17/h17H,1-13,15H2,(H,16,18). The van der Waals surface area contributed by atoms with Crippen molar-refractivity contribution in [1.29, 1.82) is 0 Å². The zero-order valence-corrected chi connectivity index (χ0v) is 11.6. The molecular weight excluding hydrogens is 228 g/mol. The molecule has 0 saturated heterocycles.